The minimum absolute atomic E-state index is 0.0684. The third kappa shape index (κ3) is 4.06. The molecule has 4 heteroatoms. The van der Waals surface area contributed by atoms with Crippen molar-refractivity contribution in [3.63, 3.8) is 0 Å². The van der Waals surface area contributed by atoms with Crippen LogP contribution in [-0.4, -0.2) is 53.6 Å². The Balaban J connectivity index is 1.98. The molecule has 1 aliphatic heterocycles. The van der Waals surface area contributed by atoms with Gasteiger partial charge < -0.3 is 14.9 Å². The maximum absolute atomic E-state index is 9.19. The Labute approximate surface area is 120 Å². The van der Waals surface area contributed by atoms with Crippen LogP contribution in [-0.2, 0) is 11.3 Å². The topological polar surface area (TPSA) is 52.9 Å². The van der Waals surface area contributed by atoms with Gasteiger partial charge >= 0.3 is 0 Å². The van der Waals surface area contributed by atoms with Crippen LogP contribution >= 0.6 is 0 Å². The minimum atomic E-state index is -0.115. The van der Waals surface area contributed by atoms with Gasteiger partial charge in [0.2, 0.25) is 0 Å². The third-order valence-electron chi connectivity index (χ3n) is 3.49. The van der Waals surface area contributed by atoms with Crippen molar-refractivity contribution < 1.29 is 14.9 Å². The van der Waals surface area contributed by atoms with Gasteiger partial charge in [0.25, 0.3) is 0 Å². The molecule has 2 N–H and O–H groups in total. The summed E-state index contributed by atoms with van der Waals surface area (Å²) in [4.78, 5) is 2.32. The average molecular weight is 275 g/mol. The van der Waals surface area contributed by atoms with Crippen molar-refractivity contribution in [1.82, 2.24) is 4.90 Å². The van der Waals surface area contributed by atoms with Crippen molar-refractivity contribution in [1.29, 1.82) is 0 Å². The fourth-order valence-electron chi connectivity index (χ4n) is 2.28. The first-order chi connectivity index (χ1) is 9.72. The number of aliphatic hydroxyl groups excluding tert-OH is 2. The molecule has 1 aromatic rings. The van der Waals surface area contributed by atoms with Crippen LogP contribution in [0.5, 0.6) is 0 Å². The van der Waals surface area contributed by atoms with Crippen LogP contribution in [0.4, 0.5) is 0 Å². The molecule has 0 aliphatic carbocycles. The third-order valence-corrected chi connectivity index (χ3v) is 3.49. The molecule has 1 fully saturated rings. The van der Waals surface area contributed by atoms with Crippen molar-refractivity contribution in [2.45, 2.75) is 25.6 Å². The fraction of sp³-hybridized carbons (Fsp3) is 0.500. The number of aliphatic hydroxyl groups is 2. The number of benzene rings is 1. The molecular weight excluding hydrogens is 254 g/mol. The number of rotatable bonds is 3. The van der Waals surface area contributed by atoms with E-state index in [9.17, 15) is 5.11 Å². The summed E-state index contributed by atoms with van der Waals surface area (Å²) in [6.45, 7) is 4.34. The predicted octanol–water partition coefficient (Wildman–Crippen LogP) is 0.612. The second-order valence-electron chi connectivity index (χ2n) is 5.07. The van der Waals surface area contributed by atoms with E-state index in [1.807, 2.05) is 12.1 Å². The van der Waals surface area contributed by atoms with E-state index in [2.05, 4.69) is 35.8 Å². The molecule has 0 bridgehead atoms. The minimum Gasteiger partial charge on any atom is -0.394 e. The van der Waals surface area contributed by atoms with Gasteiger partial charge in [0.15, 0.2) is 0 Å². The Bertz CT molecular complexity index is 475. The lowest BCUT2D eigenvalue weighted by molar-refractivity contribution is -0.0805. The molecule has 1 heterocycles. The maximum Gasteiger partial charge on any atom is 0.104 e. The van der Waals surface area contributed by atoms with Crippen LogP contribution in [0.15, 0.2) is 24.3 Å². The van der Waals surface area contributed by atoms with E-state index < -0.39 is 0 Å². The Morgan fingerprint density at radius 1 is 1.30 bits per heavy atom. The quantitative estimate of drug-likeness (QED) is 0.794. The highest BCUT2D eigenvalue weighted by Gasteiger charge is 2.25. The lowest BCUT2D eigenvalue weighted by atomic mass is 10.1. The van der Waals surface area contributed by atoms with Crippen molar-refractivity contribution in [2.75, 3.05) is 26.4 Å². The number of nitrogens with zero attached hydrogens (tertiary/aromatic N) is 1. The normalized spacial score (nSPS) is 23.1. The molecule has 0 radical (unpaired) electrons. The molecule has 0 saturated carbocycles. The Morgan fingerprint density at radius 3 is 2.70 bits per heavy atom. The lowest BCUT2D eigenvalue weighted by Crippen LogP contribution is -2.48. The smallest absolute Gasteiger partial charge is 0.104 e. The fourth-order valence-corrected chi connectivity index (χ4v) is 2.28. The second kappa shape index (κ2) is 7.41. The van der Waals surface area contributed by atoms with Gasteiger partial charge in [-0.3, -0.25) is 4.90 Å². The zero-order valence-corrected chi connectivity index (χ0v) is 11.7. The summed E-state index contributed by atoms with van der Waals surface area (Å²) in [5, 5.41) is 17.9. The maximum atomic E-state index is 9.19. The Kier molecular flexibility index (Phi) is 5.57. The SMILES string of the molecule is CC1COC(CO)CN1Cc1ccc(C#CCO)cc1. The molecule has 4 nitrogen and oxygen atoms in total. The van der Waals surface area contributed by atoms with Crippen LogP contribution in [0.1, 0.15) is 18.1 Å². The van der Waals surface area contributed by atoms with E-state index in [0.29, 0.717) is 12.6 Å². The standard InChI is InChI=1S/C16H21NO3/c1-13-12-20-16(11-19)10-17(13)9-15-6-4-14(5-7-15)3-2-8-18/h4-7,13,16,18-19H,8-12H2,1H3. The van der Waals surface area contributed by atoms with E-state index >= 15 is 0 Å². The summed E-state index contributed by atoms with van der Waals surface area (Å²) < 4.78 is 5.54. The first-order valence-electron chi connectivity index (χ1n) is 6.88. The van der Waals surface area contributed by atoms with E-state index in [4.69, 9.17) is 9.84 Å². The number of morpholine rings is 1. The molecule has 2 unspecified atom stereocenters. The van der Waals surface area contributed by atoms with E-state index in [1.165, 1.54) is 5.56 Å². The van der Waals surface area contributed by atoms with Crippen LogP contribution in [0.2, 0.25) is 0 Å². The average Bonchev–Trinajstić information content (AvgIpc) is 2.49. The molecule has 108 valence electrons. The molecule has 20 heavy (non-hydrogen) atoms. The van der Waals surface area contributed by atoms with Gasteiger partial charge in [-0.05, 0) is 24.6 Å². The summed E-state index contributed by atoms with van der Waals surface area (Å²) in [5.41, 5.74) is 2.12. The van der Waals surface area contributed by atoms with E-state index in [-0.39, 0.29) is 19.3 Å². The van der Waals surface area contributed by atoms with Gasteiger partial charge in [-0.2, -0.15) is 0 Å². The lowest BCUT2D eigenvalue weighted by Gasteiger charge is -2.37. The molecule has 2 atom stereocenters. The summed E-state index contributed by atoms with van der Waals surface area (Å²) in [5.74, 6) is 5.52. The highest BCUT2D eigenvalue weighted by molar-refractivity contribution is 5.36. The zero-order valence-electron chi connectivity index (χ0n) is 11.7. The van der Waals surface area contributed by atoms with Crippen LogP contribution in [0, 0.1) is 11.8 Å². The first-order valence-corrected chi connectivity index (χ1v) is 6.88. The van der Waals surface area contributed by atoms with E-state index in [0.717, 1.165) is 18.7 Å². The molecule has 2 rings (SSSR count). The van der Waals surface area contributed by atoms with Crippen molar-refractivity contribution in [2.24, 2.45) is 0 Å². The van der Waals surface area contributed by atoms with Gasteiger partial charge in [0, 0.05) is 24.7 Å². The number of hydrogen-bond donors (Lipinski definition) is 2. The zero-order chi connectivity index (χ0) is 14.4. The van der Waals surface area contributed by atoms with Crippen LogP contribution in [0.25, 0.3) is 0 Å². The molecule has 1 aliphatic rings. The van der Waals surface area contributed by atoms with Gasteiger partial charge in [0.05, 0.1) is 19.3 Å². The number of ether oxygens (including phenoxy) is 1. The van der Waals surface area contributed by atoms with Crippen molar-refractivity contribution >= 4 is 0 Å². The molecule has 1 saturated heterocycles. The molecular formula is C16H21NO3. The Morgan fingerprint density at radius 2 is 2.05 bits per heavy atom. The van der Waals surface area contributed by atoms with E-state index in [1.54, 1.807) is 0 Å². The van der Waals surface area contributed by atoms with Crippen molar-refractivity contribution in [3.05, 3.63) is 35.4 Å². The highest BCUT2D eigenvalue weighted by atomic mass is 16.5. The first kappa shape index (κ1) is 15.0. The van der Waals surface area contributed by atoms with Gasteiger partial charge in [-0.25, -0.2) is 0 Å². The van der Waals surface area contributed by atoms with Crippen LogP contribution < -0.4 is 0 Å². The van der Waals surface area contributed by atoms with Gasteiger partial charge in [-0.1, -0.05) is 24.0 Å². The summed E-state index contributed by atoms with van der Waals surface area (Å²) in [7, 11) is 0. The molecule has 0 aromatic heterocycles. The Hall–Kier alpha value is -1.38. The van der Waals surface area contributed by atoms with Crippen molar-refractivity contribution in [3.8, 4) is 11.8 Å². The molecule has 0 spiro atoms. The summed E-state index contributed by atoms with van der Waals surface area (Å²) in [6.07, 6.45) is -0.0825. The molecule has 0 amide bonds. The largest absolute Gasteiger partial charge is 0.394 e. The summed E-state index contributed by atoms with van der Waals surface area (Å²) in [6, 6.07) is 8.39. The van der Waals surface area contributed by atoms with Crippen LogP contribution in [0.3, 0.4) is 0 Å². The second-order valence-corrected chi connectivity index (χ2v) is 5.07. The highest BCUT2D eigenvalue weighted by Crippen LogP contribution is 2.15. The monoisotopic (exact) mass is 275 g/mol. The molecule has 1 aromatic carbocycles. The summed E-state index contributed by atoms with van der Waals surface area (Å²) >= 11 is 0. The van der Waals surface area contributed by atoms with Gasteiger partial charge in [0.1, 0.15) is 6.61 Å². The van der Waals surface area contributed by atoms with Gasteiger partial charge in [-0.15, -0.1) is 0 Å². The predicted molar refractivity (Wildman–Crippen MR) is 77.1 cm³/mol. The number of hydrogen-bond acceptors (Lipinski definition) is 4.